The van der Waals surface area contributed by atoms with Gasteiger partial charge in [0.2, 0.25) is 0 Å². The third kappa shape index (κ3) is 6.54. The molecule has 2 heterocycles. The topological polar surface area (TPSA) is 57.5 Å². The van der Waals surface area contributed by atoms with Crippen molar-refractivity contribution in [3.8, 4) is 5.69 Å². The fourth-order valence-electron chi connectivity index (χ4n) is 3.95. The Bertz CT molecular complexity index is 941. The quantitative estimate of drug-likeness (QED) is 0.277. The summed E-state index contributed by atoms with van der Waals surface area (Å²) in [6.07, 6.45) is 6.42. The number of rotatable bonds is 7. The minimum absolute atomic E-state index is 0. The molecule has 0 aliphatic carbocycles. The van der Waals surface area contributed by atoms with E-state index < -0.39 is 0 Å². The van der Waals surface area contributed by atoms with Crippen LogP contribution in [0.2, 0.25) is 0 Å². The van der Waals surface area contributed by atoms with Crippen molar-refractivity contribution in [1.29, 1.82) is 0 Å². The van der Waals surface area contributed by atoms with Gasteiger partial charge in [0.1, 0.15) is 0 Å². The summed E-state index contributed by atoms with van der Waals surface area (Å²) in [6.45, 7) is 3.75. The molecule has 7 heteroatoms. The van der Waals surface area contributed by atoms with Gasteiger partial charge in [-0.1, -0.05) is 48.5 Å². The Morgan fingerprint density at radius 2 is 1.77 bits per heavy atom. The van der Waals surface area contributed by atoms with E-state index in [9.17, 15) is 0 Å². The molecule has 0 radical (unpaired) electrons. The first-order valence-electron chi connectivity index (χ1n) is 10.6. The highest BCUT2D eigenvalue weighted by atomic mass is 127. The summed E-state index contributed by atoms with van der Waals surface area (Å²) in [5.41, 5.74) is 3.56. The van der Waals surface area contributed by atoms with Crippen LogP contribution in [0.15, 0.2) is 78.0 Å². The number of para-hydroxylation sites is 1. The van der Waals surface area contributed by atoms with Crippen molar-refractivity contribution >= 4 is 29.9 Å². The summed E-state index contributed by atoms with van der Waals surface area (Å²) in [5, 5.41) is 11.4. The zero-order valence-corrected chi connectivity index (χ0v) is 20.3. The van der Waals surface area contributed by atoms with E-state index in [-0.39, 0.29) is 24.0 Å². The molecule has 1 aliphatic rings. The lowest BCUT2D eigenvalue weighted by Crippen LogP contribution is -2.44. The van der Waals surface area contributed by atoms with Gasteiger partial charge in [-0.3, -0.25) is 9.89 Å². The third-order valence-corrected chi connectivity index (χ3v) is 5.57. The van der Waals surface area contributed by atoms with Crippen LogP contribution in [0.1, 0.15) is 24.0 Å². The van der Waals surface area contributed by atoms with Crippen LogP contribution in [0.5, 0.6) is 0 Å². The van der Waals surface area contributed by atoms with Crippen LogP contribution < -0.4 is 10.6 Å². The lowest BCUT2D eigenvalue weighted by molar-refractivity contribution is 0.245. The van der Waals surface area contributed by atoms with Crippen LogP contribution in [0.25, 0.3) is 5.69 Å². The number of guanidine groups is 1. The van der Waals surface area contributed by atoms with Gasteiger partial charge in [-0.2, -0.15) is 5.10 Å². The number of likely N-dealkylation sites (tertiary alicyclic amines) is 1. The number of nitrogens with one attached hydrogen (secondary N) is 2. The summed E-state index contributed by atoms with van der Waals surface area (Å²) in [7, 11) is 1.82. The fourth-order valence-corrected chi connectivity index (χ4v) is 3.95. The van der Waals surface area contributed by atoms with E-state index in [1.54, 1.807) is 0 Å². The SMILES string of the molecule is CN=C(NCc1cnn(-c2ccccc2)c1)NCC1CCCN1Cc1ccccc1.I. The molecule has 164 valence electrons. The number of aromatic nitrogens is 2. The molecular formula is C24H31IN6. The summed E-state index contributed by atoms with van der Waals surface area (Å²) in [5.74, 6) is 0.828. The van der Waals surface area contributed by atoms with Crippen LogP contribution in [-0.2, 0) is 13.1 Å². The van der Waals surface area contributed by atoms with Crippen LogP contribution in [0.4, 0.5) is 0 Å². The number of hydrogen-bond acceptors (Lipinski definition) is 3. The van der Waals surface area contributed by atoms with Crippen molar-refractivity contribution < 1.29 is 0 Å². The highest BCUT2D eigenvalue weighted by molar-refractivity contribution is 14.0. The van der Waals surface area contributed by atoms with Crippen LogP contribution in [0, 0.1) is 0 Å². The Morgan fingerprint density at radius 1 is 1.03 bits per heavy atom. The molecule has 1 unspecified atom stereocenters. The monoisotopic (exact) mass is 530 g/mol. The van der Waals surface area contributed by atoms with E-state index in [1.807, 2.05) is 54.5 Å². The Morgan fingerprint density at radius 3 is 2.52 bits per heavy atom. The number of nitrogens with zero attached hydrogens (tertiary/aromatic N) is 4. The molecule has 0 spiro atoms. The first-order chi connectivity index (χ1) is 14.8. The molecule has 1 atom stereocenters. The summed E-state index contributed by atoms with van der Waals surface area (Å²) in [6, 6.07) is 21.4. The summed E-state index contributed by atoms with van der Waals surface area (Å²) in [4.78, 5) is 6.96. The summed E-state index contributed by atoms with van der Waals surface area (Å²) >= 11 is 0. The van der Waals surface area contributed by atoms with Gasteiger partial charge in [0, 0.05) is 44.5 Å². The Balaban J connectivity index is 0.00000272. The first-order valence-corrected chi connectivity index (χ1v) is 10.6. The van der Waals surface area contributed by atoms with Gasteiger partial charge in [-0.05, 0) is 37.1 Å². The zero-order chi connectivity index (χ0) is 20.6. The normalized spacial score (nSPS) is 16.7. The molecule has 0 saturated carbocycles. The van der Waals surface area contributed by atoms with E-state index in [0.29, 0.717) is 12.6 Å². The van der Waals surface area contributed by atoms with Gasteiger partial charge in [-0.15, -0.1) is 24.0 Å². The lowest BCUT2D eigenvalue weighted by Gasteiger charge is -2.25. The second-order valence-corrected chi connectivity index (χ2v) is 7.69. The zero-order valence-electron chi connectivity index (χ0n) is 17.9. The van der Waals surface area contributed by atoms with Gasteiger partial charge in [0.05, 0.1) is 11.9 Å². The fraction of sp³-hybridized carbons (Fsp3) is 0.333. The predicted molar refractivity (Wildman–Crippen MR) is 137 cm³/mol. The maximum Gasteiger partial charge on any atom is 0.191 e. The van der Waals surface area contributed by atoms with Crippen molar-refractivity contribution in [2.75, 3.05) is 20.1 Å². The van der Waals surface area contributed by atoms with E-state index in [2.05, 4.69) is 56.0 Å². The highest BCUT2D eigenvalue weighted by Gasteiger charge is 2.24. The molecule has 6 nitrogen and oxygen atoms in total. The summed E-state index contributed by atoms with van der Waals surface area (Å²) < 4.78 is 1.90. The van der Waals surface area contributed by atoms with Gasteiger partial charge in [0.15, 0.2) is 5.96 Å². The molecule has 1 aromatic heterocycles. The number of benzene rings is 2. The van der Waals surface area contributed by atoms with Crippen molar-refractivity contribution in [2.24, 2.45) is 4.99 Å². The molecule has 1 saturated heterocycles. The maximum atomic E-state index is 4.46. The van der Waals surface area contributed by atoms with Crippen LogP contribution in [-0.4, -0.2) is 46.8 Å². The molecule has 1 aliphatic heterocycles. The molecule has 2 N–H and O–H groups in total. The smallest absolute Gasteiger partial charge is 0.191 e. The third-order valence-electron chi connectivity index (χ3n) is 5.57. The van der Waals surface area contributed by atoms with E-state index in [1.165, 1.54) is 18.4 Å². The van der Waals surface area contributed by atoms with E-state index >= 15 is 0 Å². The van der Waals surface area contributed by atoms with Gasteiger partial charge < -0.3 is 10.6 Å². The minimum Gasteiger partial charge on any atom is -0.355 e. The highest BCUT2D eigenvalue weighted by Crippen LogP contribution is 2.19. The average molecular weight is 530 g/mol. The Labute approximate surface area is 201 Å². The molecule has 1 fully saturated rings. The molecule has 3 aromatic rings. The number of hydrogen-bond donors (Lipinski definition) is 2. The average Bonchev–Trinajstić information content (AvgIpc) is 3.45. The van der Waals surface area contributed by atoms with Gasteiger partial charge in [0.25, 0.3) is 0 Å². The predicted octanol–water partition coefficient (Wildman–Crippen LogP) is 3.82. The second kappa shape index (κ2) is 11.9. The minimum atomic E-state index is 0. The Hall–Kier alpha value is -2.39. The largest absolute Gasteiger partial charge is 0.355 e. The van der Waals surface area contributed by atoms with Crippen LogP contribution >= 0.6 is 24.0 Å². The first kappa shape index (κ1) is 23.3. The molecule has 31 heavy (non-hydrogen) atoms. The molecule has 2 aromatic carbocycles. The molecular weight excluding hydrogens is 499 g/mol. The van der Waals surface area contributed by atoms with Crippen molar-refractivity contribution in [1.82, 2.24) is 25.3 Å². The number of aliphatic imine (C=N–C) groups is 1. The molecule has 4 rings (SSSR count). The van der Waals surface area contributed by atoms with Gasteiger partial charge in [-0.25, -0.2) is 4.68 Å². The Kier molecular flexibility index (Phi) is 8.90. The van der Waals surface area contributed by atoms with Crippen molar-refractivity contribution in [2.45, 2.75) is 32.0 Å². The maximum absolute atomic E-state index is 4.46. The van der Waals surface area contributed by atoms with E-state index in [0.717, 1.165) is 36.8 Å². The van der Waals surface area contributed by atoms with Gasteiger partial charge >= 0.3 is 0 Å². The second-order valence-electron chi connectivity index (χ2n) is 7.69. The van der Waals surface area contributed by atoms with Crippen LogP contribution in [0.3, 0.4) is 0 Å². The van der Waals surface area contributed by atoms with Crippen molar-refractivity contribution in [3.63, 3.8) is 0 Å². The van der Waals surface area contributed by atoms with E-state index in [4.69, 9.17) is 0 Å². The standard InChI is InChI=1S/C24H30N6.HI/c1-25-24(26-15-21-16-28-30(19-21)22-11-6-3-7-12-22)27-17-23-13-8-14-29(23)18-20-9-4-2-5-10-20;/h2-7,9-12,16,19,23H,8,13-15,17-18H2,1H3,(H2,25,26,27);1H. The number of halogens is 1. The van der Waals surface area contributed by atoms with Crippen molar-refractivity contribution in [3.05, 3.63) is 84.2 Å². The lowest BCUT2D eigenvalue weighted by atomic mass is 10.2. The molecule has 0 amide bonds. The molecule has 0 bridgehead atoms.